The molecule has 1 aromatic rings. The third-order valence-electron chi connectivity index (χ3n) is 4.06. The number of hydrogen-bond donors (Lipinski definition) is 1. The maximum atomic E-state index is 11.7. The van der Waals surface area contributed by atoms with Crippen molar-refractivity contribution >= 4 is 5.97 Å². The Morgan fingerprint density at radius 3 is 2.37 bits per heavy atom. The lowest BCUT2D eigenvalue weighted by atomic mass is 9.52. The van der Waals surface area contributed by atoms with Crippen LogP contribution in [0.1, 0.15) is 32.3 Å². The Morgan fingerprint density at radius 2 is 1.79 bits per heavy atom. The van der Waals surface area contributed by atoms with Crippen LogP contribution in [0.3, 0.4) is 0 Å². The largest absolute Gasteiger partial charge is 0.486 e. The molecule has 1 fully saturated rings. The van der Waals surface area contributed by atoms with Crippen molar-refractivity contribution in [3.8, 4) is 11.5 Å². The van der Waals surface area contributed by atoms with Crippen LogP contribution in [0.25, 0.3) is 0 Å². The second-order valence-corrected chi connectivity index (χ2v) is 6.26. The molecule has 0 atom stereocenters. The highest BCUT2D eigenvalue weighted by atomic mass is 16.6. The number of aliphatic carboxylic acids is 1. The first-order chi connectivity index (χ1) is 8.93. The van der Waals surface area contributed by atoms with E-state index in [2.05, 4.69) is 13.8 Å². The van der Waals surface area contributed by atoms with Crippen molar-refractivity contribution in [3.05, 3.63) is 23.8 Å². The first-order valence-corrected chi connectivity index (χ1v) is 6.57. The van der Waals surface area contributed by atoms with Gasteiger partial charge in [0.15, 0.2) is 11.5 Å². The van der Waals surface area contributed by atoms with E-state index in [-0.39, 0.29) is 5.41 Å². The Morgan fingerprint density at radius 1 is 1.16 bits per heavy atom. The molecule has 0 aromatic heterocycles. The zero-order valence-corrected chi connectivity index (χ0v) is 11.2. The first kappa shape index (κ1) is 12.3. The van der Waals surface area contributed by atoms with E-state index in [0.29, 0.717) is 37.6 Å². The van der Waals surface area contributed by atoms with Gasteiger partial charge in [-0.3, -0.25) is 4.79 Å². The van der Waals surface area contributed by atoms with Crippen molar-refractivity contribution in [2.24, 2.45) is 5.41 Å². The topological polar surface area (TPSA) is 55.8 Å². The number of carbonyl (C=O) groups is 1. The summed E-state index contributed by atoms with van der Waals surface area (Å²) in [6, 6.07) is 5.51. The minimum Gasteiger partial charge on any atom is -0.486 e. The van der Waals surface area contributed by atoms with E-state index < -0.39 is 11.4 Å². The molecular weight excluding hydrogens is 244 g/mol. The summed E-state index contributed by atoms with van der Waals surface area (Å²) in [4.78, 5) is 11.7. The fourth-order valence-corrected chi connectivity index (χ4v) is 3.40. The van der Waals surface area contributed by atoms with Crippen LogP contribution in [-0.4, -0.2) is 24.3 Å². The lowest BCUT2D eigenvalue weighted by molar-refractivity contribution is -0.153. The van der Waals surface area contributed by atoms with E-state index >= 15 is 0 Å². The van der Waals surface area contributed by atoms with Gasteiger partial charge in [-0.2, -0.15) is 0 Å². The van der Waals surface area contributed by atoms with Crippen molar-refractivity contribution in [1.82, 2.24) is 0 Å². The fraction of sp³-hybridized carbons (Fsp3) is 0.533. The molecule has 1 saturated carbocycles. The number of benzene rings is 1. The van der Waals surface area contributed by atoms with Gasteiger partial charge in [0.2, 0.25) is 0 Å². The van der Waals surface area contributed by atoms with Gasteiger partial charge in [0.1, 0.15) is 13.2 Å². The summed E-state index contributed by atoms with van der Waals surface area (Å²) in [7, 11) is 0. The maximum Gasteiger partial charge on any atom is 0.314 e. The number of fused-ring (bicyclic) bond motifs is 1. The summed E-state index contributed by atoms with van der Waals surface area (Å²) < 4.78 is 11.0. The van der Waals surface area contributed by atoms with Gasteiger partial charge < -0.3 is 14.6 Å². The SMILES string of the molecule is CC1(C)CC(C(=O)O)(c2ccc3c(c2)OCCO3)C1. The summed E-state index contributed by atoms with van der Waals surface area (Å²) >= 11 is 0. The molecule has 4 heteroatoms. The minimum absolute atomic E-state index is 0.0889. The zero-order valence-electron chi connectivity index (χ0n) is 11.2. The lowest BCUT2D eigenvalue weighted by Crippen LogP contribution is -2.52. The Labute approximate surface area is 112 Å². The molecule has 0 unspecified atom stereocenters. The Balaban J connectivity index is 1.98. The van der Waals surface area contributed by atoms with E-state index in [4.69, 9.17) is 9.47 Å². The molecule has 4 nitrogen and oxygen atoms in total. The molecule has 1 aliphatic heterocycles. The van der Waals surface area contributed by atoms with Crippen LogP contribution < -0.4 is 9.47 Å². The van der Waals surface area contributed by atoms with Gasteiger partial charge in [-0.15, -0.1) is 0 Å². The molecule has 1 aromatic carbocycles. The number of rotatable bonds is 2. The van der Waals surface area contributed by atoms with Crippen LogP contribution in [0.5, 0.6) is 11.5 Å². The van der Waals surface area contributed by atoms with Gasteiger partial charge in [0, 0.05) is 0 Å². The molecule has 1 N–H and O–H groups in total. The van der Waals surface area contributed by atoms with Crippen LogP contribution >= 0.6 is 0 Å². The minimum atomic E-state index is -0.765. The standard InChI is InChI=1S/C15H18O4/c1-14(2)8-15(9-14,13(16)17)10-3-4-11-12(7-10)19-6-5-18-11/h3-4,7H,5-6,8-9H2,1-2H3,(H,16,17). The molecule has 0 bridgehead atoms. The van der Waals surface area contributed by atoms with Gasteiger partial charge >= 0.3 is 5.97 Å². The summed E-state index contributed by atoms with van der Waals surface area (Å²) in [5.74, 6) is 0.617. The van der Waals surface area contributed by atoms with Crippen LogP contribution in [-0.2, 0) is 10.2 Å². The summed E-state index contributed by atoms with van der Waals surface area (Å²) in [5, 5.41) is 9.60. The van der Waals surface area contributed by atoms with Gasteiger partial charge in [-0.1, -0.05) is 19.9 Å². The van der Waals surface area contributed by atoms with Crippen LogP contribution in [0.15, 0.2) is 18.2 Å². The number of ether oxygens (including phenoxy) is 2. The Hall–Kier alpha value is -1.71. The zero-order chi connectivity index (χ0) is 13.7. The quantitative estimate of drug-likeness (QED) is 0.890. The van der Waals surface area contributed by atoms with Crippen molar-refractivity contribution in [2.45, 2.75) is 32.1 Å². The molecule has 0 spiro atoms. The van der Waals surface area contributed by atoms with Gasteiger partial charge in [-0.05, 0) is 36.0 Å². The van der Waals surface area contributed by atoms with Gasteiger partial charge in [0.05, 0.1) is 5.41 Å². The second kappa shape index (κ2) is 3.89. The number of carboxylic acid groups (broad SMARTS) is 1. The first-order valence-electron chi connectivity index (χ1n) is 6.57. The predicted octanol–water partition coefficient (Wildman–Crippen LogP) is 2.60. The highest BCUT2D eigenvalue weighted by molar-refractivity contribution is 5.83. The normalized spacial score (nSPS) is 22.4. The molecule has 1 heterocycles. The Bertz CT molecular complexity index is 525. The molecule has 0 saturated heterocycles. The lowest BCUT2D eigenvalue weighted by Gasteiger charge is -2.50. The molecule has 102 valence electrons. The van der Waals surface area contributed by atoms with Crippen molar-refractivity contribution in [1.29, 1.82) is 0 Å². The summed E-state index contributed by atoms with van der Waals surface area (Å²) in [5.41, 5.74) is 0.147. The highest BCUT2D eigenvalue weighted by Crippen LogP contribution is 2.56. The highest BCUT2D eigenvalue weighted by Gasteiger charge is 2.55. The van der Waals surface area contributed by atoms with E-state index in [1.807, 2.05) is 18.2 Å². The van der Waals surface area contributed by atoms with E-state index in [0.717, 1.165) is 5.56 Å². The number of hydrogen-bond acceptors (Lipinski definition) is 3. The molecule has 0 amide bonds. The monoisotopic (exact) mass is 262 g/mol. The smallest absolute Gasteiger partial charge is 0.314 e. The van der Waals surface area contributed by atoms with E-state index in [1.165, 1.54) is 0 Å². The van der Waals surface area contributed by atoms with Crippen LogP contribution in [0, 0.1) is 5.41 Å². The molecule has 0 radical (unpaired) electrons. The van der Waals surface area contributed by atoms with Crippen molar-refractivity contribution in [2.75, 3.05) is 13.2 Å². The van der Waals surface area contributed by atoms with Crippen molar-refractivity contribution in [3.63, 3.8) is 0 Å². The summed E-state index contributed by atoms with van der Waals surface area (Å²) in [6.45, 7) is 5.27. The average Bonchev–Trinajstić information content (AvgIpc) is 2.34. The second-order valence-electron chi connectivity index (χ2n) is 6.26. The third kappa shape index (κ3) is 1.86. The summed E-state index contributed by atoms with van der Waals surface area (Å²) in [6.07, 6.45) is 1.32. The molecule has 1 aliphatic carbocycles. The van der Waals surface area contributed by atoms with E-state index in [9.17, 15) is 9.90 Å². The van der Waals surface area contributed by atoms with Crippen LogP contribution in [0.4, 0.5) is 0 Å². The number of carboxylic acids is 1. The third-order valence-corrected chi connectivity index (χ3v) is 4.06. The van der Waals surface area contributed by atoms with Gasteiger partial charge in [0.25, 0.3) is 0 Å². The van der Waals surface area contributed by atoms with Crippen LogP contribution in [0.2, 0.25) is 0 Å². The Kier molecular flexibility index (Phi) is 2.52. The predicted molar refractivity (Wildman–Crippen MR) is 69.8 cm³/mol. The molecule has 3 rings (SSSR count). The fourth-order valence-electron chi connectivity index (χ4n) is 3.40. The molecule has 19 heavy (non-hydrogen) atoms. The average molecular weight is 262 g/mol. The maximum absolute atomic E-state index is 11.7. The van der Waals surface area contributed by atoms with Gasteiger partial charge in [-0.25, -0.2) is 0 Å². The van der Waals surface area contributed by atoms with Crippen molar-refractivity contribution < 1.29 is 19.4 Å². The molecule has 2 aliphatic rings. The van der Waals surface area contributed by atoms with E-state index in [1.54, 1.807) is 0 Å². The molecular formula is C15H18O4.